The molecule has 1 heterocycles. The van der Waals surface area contributed by atoms with Gasteiger partial charge in [-0.3, -0.25) is 19.7 Å². The van der Waals surface area contributed by atoms with Crippen molar-refractivity contribution < 1.29 is 27.7 Å². The number of halogens is 3. The molecule has 2 aromatic rings. The summed E-state index contributed by atoms with van der Waals surface area (Å²) in [6.07, 6.45) is -3.52. The molecule has 8 nitrogen and oxygen atoms in total. The molecule has 0 radical (unpaired) electrons. The summed E-state index contributed by atoms with van der Waals surface area (Å²) < 4.78 is 38.4. The molecule has 11 heteroatoms. The zero-order valence-corrected chi connectivity index (χ0v) is 16.2. The lowest BCUT2D eigenvalue weighted by molar-refractivity contribution is -0.384. The first-order valence-corrected chi connectivity index (χ1v) is 9.41. The number of alkyl halides is 3. The van der Waals surface area contributed by atoms with E-state index in [1.54, 1.807) is 18.2 Å². The number of nitro benzene ring substituents is 1. The summed E-state index contributed by atoms with van der Waals surface area (Å²) in [7, 11) is 0. The van der Waals surface area contributed by atoms with Crippen molar-refractivity contribution in [1.82, 2.24) is 0 Å². The summed E-state index contributed by atoms with van der Waals surface area (Å²) in [6, 6.07) is 7.11. The first-order chi connectivity index (χ1) is 14.6. The predicted octanol–water partition coefficient (Wildman–Crippen LogP) is 3.49. The first kappa shape index (κ1) is 22.1. The molecular weight excluding hydrogens is 417 g/mol. The van der Waals surface area contributed by atoms with Gasteiger partial charge in [-0.2, -0.15) is 13.2 Å². The number of rotatable bonds is 6. The van der Waals surface area contributed by atoms with Crippen LogP contribution < -0.4 is 16.0 Å². The van der Waals surface area contributed by atoms with Crippen LogP contribution >= 0.6 is 0 Å². The average molecular weight is 436 g/mol. The minimum absolute atomic E-state index is 0.0214. The number of carbonyl (C=O) groups is 2. The van der Waals surface area contributed by atoms with Crippen LogP contribution in [-0.4, -0.2) is 29.8 Å². The largest absolute Gasteiger partial charge is 0.416 e. The fraction of sp³-hybridized carbons (Fsp3) is 0.300. The van der Waals surface area contributed by atoms with E-state index in [2.05, 4.69) is 5.32 Å². The third-order valence-electron chi connectivity index (χ3n) is 4.99. The summed E-state index contributed by atoms with van der Waals surface area (Å²) in [6.45, 7) is 0.418. The second kappa shape index (κ2) is 8.62. The summed E-state index contributed by atoms with van der Waals surface area (Å²) in [5, 5.41) is 13.8. The molecule has 1 aliphatic rings. The molecule has 0 saturated heterocycles. The van der Waals surface area contributed by atoms with E-state index in [4.69, 9.17) is 5.73 Å². The molecule has 3 rings (SSSR count). The number of carbonyl (C=O) groups excluding carboxylic acids is 2. The minimum Gasteiger partial charge on any atom is -0.379 e. The smallest absolute Gasteiger partial charge is 0.379 e. The van der Waals surface area contributed by atoms with Crippen molar-refractivity contribution in [1.29, 1.82) is 0 Å². The molecule has 31 heavy (non-hydrogen) atoms. The fourth-order valence-electron chi connectivity index (χ4n) is 3.56. The zero-order valence-electron chi connectivity index (χ0n) is 16.2. The maximum atomic E-state index is 12.8. The normalized spacial score (nSPS) is 13.5. The van der Waals surface area contributed by atoms with Gasteiger partial charge in [-0.1, -0.05) is 6.07 Å². The number of amides is 2. The van der Waals surface area contributed by atoms with E-state index >= 15 is 0 Å². The number of benzene rings is 2. The Morgan fingerprint density at radius 1 is 1.23 bits per heavy atom. The molecule has 0 spiro atoms. The molecule has 1 aliphatic heterocycles. The number of primary amides is 1. The van der Waals surface area contributed by atoms with Crippen LogP contribution in [0.15, 0.2) is 36.4 Å². The predicted molar refractivity (Wildman–Crippen MR) is 107 cm³/mol. The molecule has 0 saturated carbocycles. The van der Waals surface area contributed by atoms with Gasteiger partial charge in [0.05, 0.1) is 10.5 Å². The number of nitrogens with zero attached hydrogens (tertiary/aromatic N) is 2. The van der Waals surface area contributed by atoms with Crippen LogP contribution in [-0.2, 0) is 17.4 Å². The molecule has 0 fully saturated rings. The van der Waals surface area contributed by atoms with Crippen LogP contribution in [0.25, 0.3) is 0 Å². The molecule has 2 amide bonds. The molecule has 0 bridgehead atoms. The molecule has 0 atom stereocenters. The number of fused-ring (bicyclic) bond motifs is 1. The van der Waals surface area contributed by atoms with E-state index in [0.29, 0.717) is 42.3 Å². The van der Waals surface area contributed by atoms with Crippen molar-refractivity contribution in [2.45, 2.75) is 25.4 Å². The summed E-state index contributed by atoms with van der Waals surface area (Å²) in [5.74, 6) is -0.868. The lowest BCUT2D eigenvalue weighted by atomic mass is 9.95. The lowest BCUT2D eigenvalue weighted by Gasteiger charge is -2.30. The molecule has 2 aromatic carbocycles. The van der Waals surface area contributed by atoms with Gasteiger partial charge in [0.2, 0.25) is 11.8 Å². The number of hydrogen-bond donors (Lipinski definition) is 2. The molecule has 0 unspecified atom stereocenters. The van der Waals surface area contributed by atoms with Crippen LogP contribution in [0.4, 0.5) is 30.2 Å². The van der Waals surface area contributed by atoms with E-state index in [9.17, 15) is 32.9 Å². The number of anilines is 2. The Morgan fingerprint density at radius 2 is 1.97 bits per heavy atom. The molecule has 3 N–H and O–H groups in total. The third kappa shape index (κ3) is 4.76. The van der Waals surface area contributed by atoms with Gasteiger partial charge in [-0.25, -0.2) is 0 Å². The van der Waals surface area contributed by atoms with Gasteiger partial charge in [0.25, 0.3) is 5.69 Å². The van der Waals surface area contributed by atoms with Crippen molar-refractivity contribution in [3.05, 3.63) is 63.2 Å². The van der Waals surface area contributed by atoms with Crippen LogP contribution in [0, 0.1) is 10.1 Å². The van der Waals surface area contributed by atoms with Crippen molar-refractivity contribution in [3.8, 4) is 0 Å². The van der Waals surface area contributed by atoms with Crippen molar-refractivity contribution in [3.63, 3.8) is 0 Å². The lowest BCUT2D eigenvalue weighted by Crippen LogP contribution is -2.37. The minimum atomic E-state index is -4.70. The topological polar surface area (TPSA) is 119 Å². The standard InChI is InChI=1S/C20H19F3N4O4/c21-20(22,23)12-6-7-15(17(11-12)27(30)31)25-9-8-18(28)26-10-2-4-13-14(19(24)29)3-1-5-16(13)26/h1,3,5-7,11,25H,2,4,8-10H2,(H2,24,29). The van der Waals surface area contributed by atoms with Crippen LogP contribution in [0.3, 0.4) is 0 Å². The van der Waals surface area contributed by atoms with Gasteiger partial charge in [0, 0.05) is 36.8 Å². The third-order valence-corrected chi connectivity index (χ3v) is 4.99. The van der Waals surface area contributed by atoms with E-state index < -0.39 is 28.3 Å². The molecule has 164 valence electrons. The number of nitrogens with one attached hydrogen (secondary N) is 1. The summed E-state index contributed by atoms with van der Waals surface area (Å²) in [5.41, 5.74) is 5.08. The summed E-state index contributed by atoms with van der Waals surface area (Å²) in [4.78, 5) is 36.1. The molecule has 0 aromatic heterocycles. The van der Waals surface area contributed by atoms with Gasteiger partial charge >= 0.3 is 6.18 Å². The van der Waals surface area contributed by atoms with Crippen molar-refractivity contribution in [2.24, 2.45) is 5.73 Å². The number of nitro groups is 1. The van der Waals surface area contributed by atoms with Gasteiger partial charge < -0.3 is 16.0 Å². The summed E-state index contributed by atoms with van der Waals surface area (Å²) >= 11 is 0. The Balaban J connectivity index is 1.72. The maximum Gasteiger partial charge on any atom is 0.416 e. The van der Waals surface area contributed by atoms with Crippen LogP contribution in [0.5, 0.6) is 0 Å². The van der Waals surface area contributed by atoms with Gasteiger partial charge in [-0.15, -0.1) is 0 Å². The molecular formula is C20H19F3N4O4. The van der Waals surface area contributed by atoms with E-state index in [0.717, 1.165) is 12.1 Å². The second-order valence-corrected chi connectivity index (χ2v) is 6.98. The second-order valence-electron chi connectivity index (χ2n) is 6.98. The Kier molecular flexibility index (Phi) is 6.14. The highest BCUT2D eigenvalue weighted by Gasteiger charge is 2.33. The van der Waals surface area contributed by atoms with Gasteiger partial charge in [-0.05, 0) is 42.7 Å². The van der Waals surface area contributed by atoms with Crippen LogP contribution in [0.1, 0.15) is 34.3 Å². The first-order valence-electron chi connectivity index (χ1n) is 9.41. The Hall–Kier alpha value is -3.63. The SMILES string of the molecule is NC(=O)c1cccc2c1CCCN2C(=O)CCNc1ccc(C(F)(F)F)cc1[N+](=O)[O-]. The maximum absolute atomic E-state index is 12.8. The number of nitrogens with two attached hydrogens (primary N) is 1. The Labute approximate surface area is 175 Å². The highest BCUT2D eigenvalue weighted by Crippen LogP contribution is 2.35. The molecule has 0 aliphatic carbocycles. The number of hydrogen-bond acceptors (Lipinski definition) is 5. The Bertz CT molecular complexity index is 1040. The fourth-order valence-corrected chi connectivity index (χ4v) is 3.56. The van der Waals surface area contributed by atoms with Gasteiger partial charge in [0.15, 0.2) is 0 Å². The van der Waals surface area contributed by atoms with E-state index in [-0.39, 0.29) is 24.6 Å². The van der Waals surface area contributed by atoms with Crippen molar-refractivity contribution in [2.75, 3.05) is 23.3 Å². The van der Waals surface area contributed by atoms with Gasteiger partial charge in [0.1, 0.15) is 5.69 Å². The Morgan fingerprint density at radius 3 is 2.61 bits per heavy atom. The zero-order chi connectivity index (χ0) is 22.8. The average Bonchev–Trinajstić information content (AvgIpc) is 2.71. The van der Waals surface area contributed by atoms with E-state index in [1.807, 2.05) is 0 Å². The van der Waals surface area contributed by atoms with Crippen LogP contribution in [0.2, 0.25) is 0 Å². The van der Waals surface area contributed by atoms with E-state index in [1.165, 1.54) is 4.90 Å². The highest BCUT2D eigenvalue weighted by molar-refractivity contribution is 6.00. The van der Waals surface area contributed by atoms with Crippen molar-refractivity contribution >= 4 is 28.9 Å². The monoisotopic (exact) mass is 436 g/mol. The highest BCUT2D eigenvalue weighted by atomic mass is 19.4. The quantitative estimate of drug-likeness (QED) is 0.531.